The molecule has 0 fully saturated rings. The van der Waals surface area contributed by atoms with Crippen molar-refractivity contribution in [2.24, 2.45) is 0 Å². The summed E-state index contributed by atoms with van der Waals surface area (Å²) in [7, 11) is 0. The zero-order chi connectivity index (χ0) is 12.3. The van der Waals surface area contributed by atoms with Gasteiger partial charge in [0.25, 0.3) is 0 Å². The van der Waals surface area contributed by atoms with Crippen molar-refractivity contribution in [2.75, 3.05) is 6.26 Å². The maximum atomic E-state index is 13.6. The number of rotatable bonds is 4. The highest BCUT2D eigenvalue weighted by Crippen LogP contribution is 2.34. The highest BCUT2D eigenvalue weighted by Gasteiger charge is 2.09. The van der Waals surface area contributed by atoms with Gasteiger partial charge in [0, 0.05) is 0 Å². The molecule has 0 bridgehead atoms. The summed E-state index contributed by atoms with van der Waals surface area (Å²) in [6.45, 7) is -0.155. The van der Waals surface area contributed by atoms with Crippen LogP contribution in [0.4, 0.5) is 4.39 Å². The molecule has 1 heterocycles. The second kappa shape index (κ2) is 5.81. The monoisotopic (exact) mass is 288 g/mol. The molecule has 0 aliphatic heterocycles. The Morgan fingerprint density at radius 1 is 1.35 bits per heavy atom. The number of benzene rings is 1. The van der Waals surface area contributed by atoms with E-state index < -0.39 is 0 Å². The summed E-state index contributed by atoms with van der Waals surface area (Å²) in [5, 5.41) is 16.8. The minimum Gasteiger partial charge on any atom is -0.392 e. The average Bonchev–Trinajstić information content (AvgIpc) is 2.79. The van der Waals surface area contributed by atoms with Gasteiger partial charge < -0.3 is 5.11 Å². The molecule has 2 rings (SSSR count). The van der Waals surface area contributed by atoms with Gasteiger partial charge in [-0.2, -0.15) is 0 Å². The molecule has 0 amide bonds. The van der Waals surface area contributed by atoms with Crippen molar-refractivity contribution in [1.82, 2.24) is 10.2 Å². The van der Waals surface area contributed by atoms with Gasteiger partial charge in [-0.05, 0) is 24.0 Å². The van der Waals surface area contributed by atoms with Crippen LogP contribution in [0.15, 0.2) is 31.8 Å². The Morgan fingerprint density at radius 3 is 2.71 bits per heavy atom. The lowest BCUT2D eigenvalue weighted by Gasteiger charge is -2.01. The summed E-state index contributed by atoms with van der Waals surface area (Å²) in [6, 6.07) is 4.67. The molecule has 1 aromatic carbocycles. The number of halogens is 1. The smallest absolute Gasteiger partial charge is 0.179 e. The van der Waals surface area contributed by atoms with Crippen molar-refractivity contribution in [2.45, 2.75) is 20.2 Å². The molecular weight excluding hydrogens is 279 g/mol. The third-order valence-corrected chi connectivity index (χ3v) is 4.94. The fraction of sp³-hybridized carbons (Fsp3) is 0.200. The number of hydrogen-bond donors (Lipinski definition) is 1. The number of thioether (sulfide) groups is 1. The fourth-order valence-electron chi connectivity index (χ4n) is 1.14. The van der Waals surface area contributed by atoms with Crippen LogP contribution in [0.25, 0.3) is 0 Å². The van der Waals surface area contributed by atoms with Crippen LogP contribution in [0.3, 0.4) is 0 Å². The Kier molecular flexibility index (Phi) is 4.38. The minimum atomic E-state index is -0.345. The van der Waals surface area contributed by atoms with Gasteiger partial charge in [-0.25, -0.2) is 4.39 Å². The van der Waals surface area contributed by atoms with E-state index in [0.717, 1.165) is 4.34 Å². The fourth-order valence-corrected chi connectivity index (χ4v) is 3.54. The van der Waals surface area contributed by atoms with Gasteiger partial charge in [0.2, 0.25) is 0 Å². The van der Waals surface area contributed by atoms with Gasteiger partial charge in [-0.1, -0.05) is 40.9 Å². The summed E-state index contributed by atoms with van der Waals surface area (Å²) < 4.78 is 15.2. The molecular formula is C10H9FN2OS3. The Hall–Kier alpha value is -0.630. The number of aliphatic hydroxyl groups excluding tert-OH is 1. The van der Waals surface area contributed by atoms with E-state index in [0.29, 0.717) is 14.8 Å². The highest BCUT2D eigenvalue weighted by molar-refractivity contribution is 8.03. The van der Waals surface area contributed by atoms with E-state index in [1.807, 2.05) is 6.26 Å². The van der Waals surface area contributed by atoms with Gasteiger partial charge in [-0.3, -0.25) is 0 Å². The quantitative estimate of drug-likeness (QED) is 0.876. The lowest BCUT2D eigenvalue weighted by Crippen LogP contribution is -1.87. The Bertz CT molecular complexity index is 518. The number of aliphatic hydroxyl groups is 1. The molecule has 0 saturated carbocycles. The van der Waals surface area contributed by atoms with Crippen molar-refractivity contribution >= 4 is 34.9 Å². The van der Waals surface area contributed by atoms with Crippen molar-refractivity contribution in [3.8, 4) is 0 Å². The second-order valence-corrected chi connectivity index (χ2v) is 6.38. The molecule has 0 saturated heterocycles. The third kappa shape index (κ3) is 3.19. The first-order valence-corrected chi connectivity index (χ1v) is 7.53. The van der Waals surface area contributed by atoms with Gasteiger partial charge in [0.05, 0.1) is 11.5 Å². The van der Waals surface area contributed by atoms with Crippen LogP contribution < -0.4 is 0 Å². The summed E-state index contributed by atoms with van der Waals surface area (Å²) in [4.78, 5) is 0.492. The van der Waals surface area contributed by atoms with E-state index >= 15 is 0 Å². The largest absolute Gasteiger partial charge is 0.392 e. The van der Waals surface area contributed by atoms with Gasteiger partial charge in [-0.15, -0.1) is 10.2 Å². The topological polar surface area (TPSA) is 46.0 Å². The number of hydrogen-bond acceptors (Lipinski definition) is 6. The summed E-state index contributed by atoms with van der Waals surface area (Å²) in [6.07, 6.45) is 1.92. The maximum absolute atomic E-state index is 13.6. The molecule has 0 radical (unpaired) electrons. The van der Waals surface area contributed by atoms with Crippen molar-refractivity contribution in [3.05, 3.63) is 29.6 Å². The molecule has 0 atom stereocenters. The van der Waals surface area contributed by atoms with Gasteiger partial charge in [0.1, 0.15) is 5.82 Å². The molecule has 2 aromatic rings. The molecule has 17 heavy (non-hydrogen) atoms. The average molecular weight is 288 g/mol. The first-order chi connectivity index (χ1) is 8.22. The highest BCUT2D eigenvalue weighted by atomic mass is 32.2. The molecule has 0 unspecified atom stereocenters. The maximum Gasteiger partial charge on any atom is 0.179 e. The first kappa shape index (κ1) is 12.8. The SMILES string of the molecule is CSc1nnc(Sc2ccc(CO)cc2F)s1. The predicted molar refractivity (Wildman–Crippen MR) is 68.1 cm³/mol. The van der Waals surface area contributed by atoms with E-state index in [1.165, 1.54) is 40.9 Å². The Labute approximate surface area is 110 Å². The van der Waals surface area contributed by atoms with E-state index in [2.05, 4.69) is 10.2 Å². The number of aromatic nitrogens is 2. The zero-order valence-corrected chi connectivity index (χ0v) is 11.3. The van der Waals surface area contributed by atoms with Crippen LogP contribution in [0.2, 0.25) is 0 Å². The van der Waals surface area contributed by atoms with Crippen LogP contribution in [-0.4, -0.2) is 21.6 Å². The molecule has 0 aliphatic carbocycles. The third-order valence-electron chi connectivity index (χ3n) is 1.94. The lowest BCUT2D eigenvalue weighted by molar-refractivity contribution is 0.281. The molecule has 0 spiro atoms. The van der Waals surface area contributed by atoms with Crippen LogP contribution in [0.1, 0.15) is 5.56 Å². The summed E-state index contributed by atoms with van der Waals surface area (Å²) >= 11 is 4.19. The first-order valence-electron chi connectivity index (χ1n) is 4.67. The number of nitrogens with zero attached hydrogens (tertiary/aromatic N) is 2. The Balaban J connectivity index is 2.18. The molecule has 7 heteroatoms. The summed E-state index contributed by atoms with van der Waals surface area (Å²) in [5.41, 5.74) is 0.564. The minimum absolute atomic E-state index is 0.155. The van der Waals surface area contributed by atoms with E-state index in [1.54, 1.807) is 12.1 Å². The van der Waals surface area contributed by atoms with Crippen LogP contribution in [-0.2, 0) is 6.61 Å². The normalized spacial score (nSPS) is 10.8. The zero-order valence-electron chi connectivity index (χ0n) is 8.88. The van der Waals surface area contributed by atoms with E-state index in [9.17, 15) is 4.39 Å². The summed E-state index contributed by atoms with van der Waals surface area (Å²) in [5.74, 6) is -0.345. The predicted octanol–water partition coefficient (Wildman–Crippen LogP) is 3.04. The molecule has 3 nitrogen and oxygen atoms in total. The second-order valence-electron chi connectivity index (χ2n) is 3.06. The molecule has 1 aromatic heterocycles. The molecule has 90 valence electrons. The van der Waals surface area contributed by atoms with Gasteiger partial charge in [0.15, 0.2) is 8.68 Å². The van der Waals surface area contributed by atoms with Crippen LogP contribution in [0.5, 0.6) is 0 Å². The van der Waals surface area contributed by atoms with E-state index in [-0.39, 0.29) is 12.4 Å². The standard InChI is InChI=1S/C10H9FN2OS3/c1-15-9-12-13-10(17-9)16-8-3-2-6(5-14)4-7(8)11/h2-4,14H,5H2,1H3. The van der Waals surface area contributed by atoms with Gasteiger partial charge >= 0.3 is 0 Å². The lowest BCUT2D eigenvalue weighted by atomic mass is 10.2. The van der Waals surface area contributed by atoms with Crippen molar-refractivity contribution in [3.63, 3.8) is 0 Å². The Morgan fingerprint density at radius 2 is 2.12 bits per heavy atom. The van der Waals surface area contributed by atoms with Crippen LogP contribution in [0, 0.1) is 5.82 Å². The van der Waals surface area contributed by atoms with Crippen LogP contribution >= 0.6 is 34.9 Å². The van der Waals surface area contributed by atoms with Crippen molar-refractivity contribution in [1.29, 1.82) is 0 Å². The van der Waals surface area contributed by atoms with E-state index in [4.69, 9.17) is 5.11 Å². The molecule has 0 aliphatic rings. The van der Waals surface area contributed by atoms with Crippen molar-refractivity contribution < 1.29 is 9.50 Å². The molecule has 1 N–H and O–H groups in total.